The molecule has 0 aliphatic rings. The Labute approximate surface area is 468 Å². The van der Waals surface area contributed by atoms with E-state index >= 15 is 0 Å². The number of carbonyl (C=O) groups excluding carboxylic acids is 3. The third-order valence-corrected chi connectivity index (χ3v) is 15.7. The molecule has 0 rings (SSSR count). The van der Waals surface area contributed by atoms with E-state index in [0.717, 1.165) is 57.8 Å². The van der Waals surface area contributed by atoms with Crippen LogP contribution < -0.4 is 0 Å². The molecule has 0 aliphatic heterocycles. The first-order chi connectivity index (χ1) is 37.2. The summed E-state index contributed by atoms with van der Waals surface area (Å²) in [6, 6.07) is 0. The summed E-state index contributed by atoms with van der Waals surface area (Å²) in [5, 5.41) is 20.4. The lowest BCUT2D eigenvalue weighted by Gasteiger charge is -2.21. The Bertz CT molecular complexity index is 1440. The van der Waals surface area contributed by atoms with Gasteiger partial charge in [-0.25, -0.2) is 9.13 Å². The highest BCUT2D eigenvalue weighted by atomic mass is 31.2. The zero-order valence-corrected chi connectivity index (χ0v) is 51.0. The van der Waals surface area contributed by atoms with Crippen molar-refractivity contribution in [2.24, 2.45) is 0 Å². The van der Waals surface area contributed by atoms with E-state index in [1.807, 2.05) is 0 Å². The predicted molar refractivity (Wildman–Crippen MR) is 307 cm³/mol. The zero-order valence-electron chi connectivity index (χ0n) is 49.2. The van der Waals surface area contributed by atoms with Gasteiger partial charge in [0.2, 0.25) is 0 Å². The Morgan fingerprint density at radius 2 is 0.532 bits per heavy atom. The molecule has 0 amide bonds. The lowest BCUT2D eigenvalue weighted by atomic mass is 10.0. The molecule has 5 unspecified atom stereocenters. The number of unbranched alkanes of at least 4 members (excludes halogenated alkanes) is 38. The van der Waals surface area contributed by atoms with Crippen molar-refractivity contribution in [1.29, 1.82) is 0 Å². The minimum Gasteiger partial charge on any atom is -0.463 e. The van der Waals surface area contributed by atoms with E-state index in [2.05, 4.69) is 20.8 Å². The fourth-order valence-electron chi connectivity index (χ4n) is 8.98. The molecule has 0 saturated heterocycles. The average Bonchev–Trinajstić information content (AvgIpc) is 3.40. The maximum Gasteiger partial charge on any atom is 0.472 e. The van der Waals surface area contributed by atoms with Crippen LogP contribution in [0.5, 0.6) is 0 Å². The molecule has 16 nitrogen and oxygen atoms in total. The van der Waals surface area contributed by atoms with Gasteiger partial charge in [-0.2, -0.15) is 0 Å². The highest BCUT2D eigenvalue weighted by molar-refractivity contribution is 7.47. The van der Waals surface area contributed by atoms with Crippen LogP contribution in [0.3, 0.4) is 0 Å². The van der Waals surface area contributed by atoms with Gasteiger partial charge in [0.1, 0.15) is 25.4 Å². The summed E-state index contributed by atoms with van der Waals surface area (Å²) in [6.45, 7) is 2.72. The minimum absolute atomic E-state index is 0.116. The molecule has 0 fully saturated rings. The van der Waals surface area contributed by atoms with Gasteiger partial charge in [0.25, 0.3) is 0 Å². The lowest BCUT2D eigenvalue weighted by Crippen LogP contribution is -2.30. The van der Waals surface area contributed by atoms with Crippen molar-refractivity contribution in [2.45, 2.75) is 322 Å². The first kappa shape index (κ1) is 75.5. The van der Waals surface area contributed by atoms with Crippen LogP contribution >= 0.6 is 15.6 Å². The second-order valence-corrected chi connectivity index (χ2v) is 24.5. The van der Waals surface area contributed by atoms with Crippen molar-refractivity contribution in [3.05, 3.63) is 0 Å². The molecule has 0 aromatic heterocycles. The molecule has 0 spiro atoms. The van der Waals surface area contributed by atoms with Crippen LogP contribution in [0.25, 0.3) is 0 Å². The number of carbonyl (C=O) groups is 3. The Morgan fingerprint density at radius 1 is 0.312 bits per heavy atom. The number of aliphatic hydroxyl groups is 2. The van der Waals surface area contributed by atoms with Crippen LogP contribution in [0.4, 0.5) is 0 Å². The predicted octanol–water partition coefficient (Wildman–Crippen LogP) is 16.2. The van der Waals surface area contributed by atoms with Gasteiger partial charge in [0.05, 0.1) is 26.4 Å². The van der Waals surface area contributed by atoms with Gasteiger partial charge in [-0.1, -0.05) is 265 Å². The number of ether oxygens (including phenoxy) is 3. The molecular formula is C59H116O16P2. The molecule has 18 heteroatoms. The number of phosphoric acid groups is 2. The van der Waals surface area contributed by atoms with Crippen molar-refractivity contribution in [3.8, 4) is 0 Å². The number of rotatable bonds is 61. The molecular weight excluding hydrogens is 1030 g/mol. The van der Waals surface area contributed by atoms with Gasteiger partial charge in [0, 0.05) is 19.3 Å². The average molecular weight is 1140 g/mol. The molecule has 0 heterocycles. The number of esters is 3. The summed E-state index contributed by atoms with van der Waals surface area (Å²) >= 11 is 0. The topological polar surface area (TPSA) is 231 Å². The van der Waals surface area contributed by atoms with Crippen molar-refractivity contribution in [2.75, 3.05) is 39.6 Å². The van der Waals surface area contributed by atoms with E-state index in [-0.39, 0.29) is 19.3 Å². The highest BCUT2D eigenvalue weighted by Crippen LogP contribution is 2.45. The van der Waals surface area contributed by atoms with Gasteiger partial charge in [0.15, 0.2) is 6.10 Å². The van der Waals surface area contributed by atoms with Crippen LogP contribution in [0.1, 0.15) is 303 Å². The largest absolute Gasteiger partial charge is 0.472 e. The summed E-state index contributed by atoms with van der Waals surface area (Å²) in [7, 11) is -9.73. The molecule has 0 aromatic carbocycles. The Balaban J connectivity index is 4.62. The third kappa shape index (κ3) is 56.2. The maximum absolute atomic E-state index is 12.8. The first-order valence-corrected chi connectivity index (χ1v) is 34.3. The number of hydrogen-bond donors (Lipinski definition) is 4. The summed E-state index contributed by atoms with van der Waals surface area (Å²) < 4.78 is 60.7. The molecule has 77 heavy (non-hydrogen) atoms. The molecule has 0 saturated carbocycles. The SMILES string of the molecule is CCCCCCCCCCCCCCCCCC(=O)OCC(O)COP(=O)(O)OCC(O)COP(=O)(O)OCC(COC(=O)CCCCCCCCCCCCCCC)OC(=O)CCCCCCCCCCCCCCC. The van der Waals surface area contributed by atoms with E-state index in [9.17, 15) is 43.5 Å². The molecule has 0 aliphatic carbocycles. The molecule has 4 N–H and O–H groups in total. The summed E-state index contributed by atoms with van der Waals surface area (Å²) in [4.78, 5) is 58.1. The van der Waals surface area contributed by atoms with E-state index in [4.69, 9.17) is 32.3 Å². The van der Waals surface area contributed by atoms with Crippen LogP contribution in [-0.4, -0.2) is 95.9 Å². The van der Waals surface area contributed by atoms with E-state index in [1.54, 1.807) is 0 Å². The minimum atomic E-state index is -4.90. The number of phosphoric ester groups is 2. The van der Waals surface area contributed by atoms with Crippen molar-refractivity contribution in [1.82, 2.24) is 0 Å². The smallest absolute Gasteiger partial charge is 0.463 e. The highest BCUT2D eigenvalue weighted by Gasteiger charge is 2.29. The fourth-order valence-corrected chi connectivity index (χ4v) is 10.6. The quantitative estimate of drug-likeness (QED) is 0.0192. The maximum atomic E-state index is 12.8. The zero-order chi connectivity index (χ0) is 56.8. The first-order valence-electron chi connectivity index (χ1n) is 31.3. The second-order valence-electron chi connectivity index (χ2n) is 21.6. The fraction of sp³-hybridized carbons (Fsp3) is 0.949. The van der Waals surface area contributed by atoms with Crippen LogP contribution in [0.2, 0.25) is 0 Å². The van der Waals surface area contributed by atoms with Gasteiger partial charge in [-0.3, -0.25) is 32.5 Å². The third-order valence-electron chi connectivity index (χ3n) is 13.8. The number of hydrogen-bond acceptors (Lipinski definition) is 14. The standard InChI is InChI=1S/C59H116O16P2/c1-4-7-10-13-16-19-22-25-26-29-31-33-36-39-42-45-57(62)69-48-54(60)49-71-76(65,66)72-50-55(61)51-73-77(67,68)74-53-56(75-59(64)47-44-41-38-35-32-28-24-21-18-15-12-9-6-3)52-70-58(63)46-43-40-37-34-30-27-23-20-17-14-11-8-5-2/h54-56,60-61H,4-53H2,1-3H3,(H,65,66)(H,67,68). The Kier molecular flexibility index (Phi) is 54.1. The van der Waals surface area contributed by atoms with Gasteiger partial charge >= 0.3 is 33.6 Å². The summed E-state index contributed by atoms with van der Waals surface area (Å²) in [5.41, 5.74) is 0. The molecule has 0 aromatic rings. The lowest BCUT2D eigenvalue weighted by molar-refractivity contribution is -0.161. The van der Waals surface area contributed by atoms with Crippen molar-refractivity contribution < 1.29 is 75.8 Å². The Hall–Kier alpha value is -1.45. The second kappa shape index (κ2) is 55.1. The molecule has 0 radical (unpaired) electrons. The summed E-state index contributed by atoms with van der Waals surface area (Å²) in [6.07, 6.45) is 44.5. The molecule has 5 atom stereocenters. The normalized spacial score (nSPS) is 14.4. The summed E-state index contributed by atoms with van der Waals surface area (Å²) in [5.74, 6) is -1.54. The van der Waals surface area contributed by atoms with Gasteiger partial charge < -0.3 is 34.2 Å². The van der Waals surface area contributed by atoms with E-state index in [1.165, 1.54) is 186 Å². The van der Waals surface area contributed by atoms with Crippen molar-refractivity contribution >= 4 is 33.6 Å². The van der Waals surface area contributed by atoms with Crippen molar-refractivity contribution in [3.63, 3.8) is 0 Å². The monoisotopic (exact) mass is 1140 g/mol. The Morgan fingerprint density at radius 3 is 0.818 bits per heavy atom. The van der Waals surface area contributed by atoms with E-state index < -0.39 is 91.5 Å². The number of aliphatic hydroxyl groups excluding tert-OH is 2. The van der Waals surface area contributed by atoms with Crippen LogP contribution in [0, 0.1) is 0 Å². The molecule has 0 bridgehead atoms. The van der Waals surface area contributed by atoms with Gasteiger partial charge in [-0.05, 0) is 19.3 Å². The van der Waals surface area contributed by atoms with Gasteiger partial charge in [-0.15, -0.1) is 0 Å². The van der Waals surface area contributed by atoms with E-state index in [0.29, 0.717) is 19.3 Å². The van der Waals surface area contributed by atoms with Crippen LogP contribution in [0.15, 0.2) is 0 Å². The van der Waals surface area contributed by atoms with Crippen LogP contribution in [-0.2, 0) is 55.8 Å². The molecule has 458 valence electrons.